The van der Waals surface area contributed by atoms with Crippen LogP contribution in [0.4, 0.5) is 0 Å². The SMILES string of the molecule is CCC(C)(C)c1ccc2c(C(=O)O)csc2c1. The largest absolute Gasteiger partial charge is 0.478 e. The number of thiophene rings is 1. The Hall–Kier alpha value is -1.35. The van der Waals surface area contributed by atoms with E-state index in [4.69, 9.17) is 5.11 Å². The predicted molar refractivity (Wildman–Crippen MR) is 72.1 cm³/mol. The topological polar surface area (TPSA) is 37.3 Å². The molecule has 0 fully saturated rings. The number of hydrogen-bond acceptors (Lipinski definition) is 2. The van der Waals surface area contributed by atoms with Gasteiger partial charge >= 0.3 is 5.97 Å². The molecule has 1 N–H and O–H groups in total. The number of aromatic carboxylic acids is 1. The van der Waals surface area contributed by atoms with E-state index in [2.05, 4.69) is 26.8 Å². The normalized spacial score (nSPS) is 11.9. The fourth-order valence-corrected chi connectivity index (χ4v) is 2.79. The van der Waals surface area contributed by atoms with Crippen LogP contribution in [0.1, 0.15) is 43.1 Å². The Morgan fingerprint density at radius 3 is 2.71 bits per heavy atom. The van der Waals surface area contributed by atoms with E-state index in [1.54, 1.807) is 5.38 Å². The molecule has 90 valence electrons. The average Bonchev–Trinajstić information content (AvgIpc) is 2.71. The lowest BCUT2D eigenvalue weighted by atomic mass is 9.82. The molecule has 2 rings (SSSR count). The highest BCUT2D eigenvalue weighted by Gasteiger charge is 2.19. The molecule has 1 aromatic carbocycles. The van der Waals surface area contributed by atoms with Gasteiger partial charge in [0.05, 0.1) is 5.56 Å². The van der Waals surface area contributed by atoms with Crippen molar-refractivity contribution in [3.05, 3.63) is 34.7 Å². The van der Waals surface area contributed by atoms with Crippen LogP contribution in [0.15, 0.2) is 23.6 Å². The molecule has 0 amide bonds. The van der Waals surface area contributed by atoms with Crippen molar-refractivity contribution in [2.45, 2.75) is 32.6 Å². The van der Waals surface area contributed by atoms with Crippen molar-refractivity contribution in [3.63, 3.8) is 0 Å². The molecule has 0 radical (unpaired) electrons. The highest BCUT2D eigenvalue weighted by molar-refractivity contribution is 7.17. The molecule has 2 nitrogen and oxygen atoms in total. The second-order valence-corrected chi connectivity index (χ2v) is 5.81. The van der Waals surface area contributed by atoms with E-state index in [1.807, 2.05) is 12.1 Å². The molecule has 17 heavy (non-hydrogen) atoms. The molecule has 2 aromatic rings. The van der Waals surface area contributed by atoms with Crippen LogP contribution in [-0.4, -0.2) is 11.1 Å². The van der Waals surface area contributed by atoms with Gasteiger partial charge in [-0.2, -0.15) is 0 Å². The highest BCUT2D eigenvalue weighted by Crippen LogP contribution is 2.33. The molecule has 0 saturated heterocycles. The molecule has 0 aliphatic heterocycles. The number of carboxylic acids is 1. The minimum absolute atomic E-state index is 0.140. The number of fused-ring (bicyclic) bond motifs is 1. The summed E-state index contributed by atoms with van der Waals surface area (Å²) in [4.78, 5) is 11.0. The van der Waals surface area contributed by atoms with Crippen molar-refractivity contribution >= 4 is 27.4 Å². The molecule has 3 heteroatoms. The van der Waals surface area contributed by atoms with E-state index >= 15 is 0 Å². The van der Waals surface area contributed by atoms with Gasteiger partial charge in [-0.3, -0.25) is 0 Å². The first-order valence-corrected chi connectivity index (χ1v) is 6.58. The number of carbonyl (C=O) groups is 1. The first-order valence-electron chi connectivity index (χ1n) is 5.70. The van der Waals surface area contributed by atoms with Crippen LogP contribution in [0.2, 0.25) is 0 Å². The van der Waals surface area contributed by atoms with Crippen molar-refractivity contribution in [3.8, 4) is 0 Å². The van der Waals surface area contributed by atoms with Crippen LogP contribution < -0.4 is 0 Å². The Bertz CT molecular complexity index is 567. The minimum atomic E-state index is -0.848. The fourth-order valence-electron chi connectivity index (χ4n) is 1.82. The van der Waals surface area contributed by atoms with Gasteiger partial charge in [-0.05, 0) is 23.5 Å². The molecular weight excluding hydrogens is 232 g/mol. The molecular formula is C14H16O2S. The van der Waals surface area contributed by atoms with Crippen molar-refractivity contribution in [2.75, 3.05) is 0 Å². The van der Waals surface area contributed by atoms with E-state index in [-0.39, 0.29) is 5.41 Å². The third kappa shape index (κ3) is 2.07. The summed E-state index contributed by atoms with van der Waals surface area (Å²) in [5.74, 6) is -0.848. The van der Waals surface area contributed by atoms with Crippen LogP contribution in [0.5, 0.6) is 0 Å². The van der Waals surface area contributed by atoms with Crippen molar-refractivity contribution < 1.29 is 9.90 Å². The van der Waals surface area contributed by atoms with Crippen molar-refractivity contribution in [2.24, 2.45) is 0 Å². The summed E-state index contributed by atoms with van der Waals surface area (Å²) in [6, 6.07) is 6.10. The molecule has 1 heterocycles. The smallest absolute Gasteiger partial charge is 0.337 e. The van der Waals surface area contributed by atoms with Gasteiger partial charge < -0.3 is 5.11 Å². The van der Waals surface area contributed by atoms with Gasteiger partial charge in [0.1, 0.15) is 0 Å². The van der Waals surface area contributed by atoms with Crippen LogP contribution in [0.3, 0.4) is 0 Å². The summed E-state index contributed by atoms with van der Waals surface area (Å²) in [5.41, 5.74) is 1.82. The van der Waals surface area contributed by atoms with Gasteiger partial charge in [0.25, 0.3) is 0 Å². The second kappa shape index (κ2) is 4.15. The lowest BCUT2D eigenvalue weighted by Crippen LogP contribution is -2.14. The van der Waals surface area contributed by atoms with Gasteiger partial charge in [-0.15, -0.1) is 11.3 Å². The van der Waals surface area contributed by atoms with Gasteiger partial charge in [0.15, 0.2) is 0 Å². The van der Waals surface area contributed by atoms with Gasteiger partial charge in [-0.1, -0.05) is 32.9 Å². The molecule has 0 atom stereocenters. The number of benzene rings is 1. The van der Waals surface area contributed by atoms with E-state index in [9.17, 15) is 4.79 Å². The lowest BCUT2D eigenvalue weighted by Gasteiger charge is -2.23. The molecule has 0 bridgehead atoms. The minimum Gasteiger partial charge on any atom is -0.478 e. The summed E-state index contributed by atoms with van der Waals surface area (Å²) >= 11 is 1.50. The fraction of sp³-hybridized carbons (Fsp3) is 0.357. The van der Waals surface area contributed by atoms with Crippen LogP contribution in [0.25, 0.3) is 10.1 Å². The molecule has 1 aromatic heterocycles. The quantitative estimate of drug-likeness (QED) is 0.880. The molecule has 0 aliphatic carbocycles. The Balaban J connectivity index is 2.57. The zero-order chi connectivity index (χ0) is 12.6. The predicted octanol–water partition coefficient (Wildman–Crippen LogP) is 4.29. The number of hydrogen-bond donors (Lipinski definition) is 1. The van der Waals surface area contributed by atoms with Gasteiger partial charge in [-0.25, -0.2) is 4.79 Å². The monoisotopic (exact) mass is 248 g/mol. The van der Waals surface area contributed by atoms with E-state index in [0.29, 0.717) is 5.56 Å². The summed E-state index contributed by atoms with van der Waals surface area (Å²) in [7, 11) is 0. The Kier molecular flexibility index (Phi) is 2.96. The van der Waals surface area contributed by atoms with E-state index < -0.39 is 5.97 Å². The Labute approximate surface area is 105 Å². The molecule has 0 spiro atoms. The standard InChI is InChI=1S/C14H16O2S/c1-4-14(2,3)9-5-6-10-11(13(15)16)8-17-12(10)7-9/h5-8H,4H2,1-3H3,(H,15,16). The zero-order valence-electron chi connectivity index (χ0n) is 10.3. The third-order valence-corrected chi connectivity index (χ3v) is 4.42. The summed E-state index contributed by atoms with van der Waals surface area (Å²) in [6.45, 7) is 6.58. The maximum atomic E-state index is 11.0. The lowest BCUT2D eigenvalue weighted by molar-refractivity contribution is 0.0699. The van der Waals surface area contributed by atoms with E-state index in [0.717, 1.165) is 16.5 Å². The first-order chi connectivity index (χ1) is 7.95. The third-order valence-electron chi connectivity index (χ3n) is 3.47. The maximum Gasteiger partial charge on any atom is 0.337 e. The number of carboxylic acid groups (broad SMARTS) is 1. The highest BCUT2D eigenvalue weighted by atomic mass is 32.1. The Morgan fingerprint density at radius 1 is 1.41 bits per heavy atom. The summed E-state index contributed by atoms with van der Waals surface area (Å²) in [5, 5.41) is 11.6. The van der Waals surface area contributed by atoms with Gasteiger partial charge in [0.2, 0.25) is 0 Å². The van der Waals surface area contributed by atoms with Crippen LogP contribution >= 0.6 is 11.3 Å². The summed E-state index contributed by atoms with van der Waals surface area (Å²) in [6.07, 6.45) is 1.07. The molecule has 0 saturated carbocycles. The molecule has 0 unspecified atom stereocenters. The first kappa shape index (κ1) is 12.1. The Morgan fingerprint density at radius 2 is 2.12 bits per heavy atom. The van der Waals surface area contributed by atoms with Crippen molar-refractivity contribution in [1.82, 2.24) is 0 Å². The zero-order valence-corrected chi connectivity index (χ0v) is 11.1. The van der Waals surface area contributed by atoms with Gasteiger partial charge in [0, 0.05) is 15.5 Å². The average molecular weight is 248 g/mol. The molecule has 0 aliphatic rings. The van der Waals surface area contributed by atoms with Crippen LogP contribution in [-0.2, 0) is 5.41 Å². The second-order valence-electron chi connectivity index (χ2n) is 4.90. The van der Waals surface area contributed by atoms with Crippen molar-refractivity contribution in [1.29, 1.82) is 0 Å². The number of rotatable bonds is 3. The summed E-state index contributed by atoms with van der Waals surface area (Å²) < 4.78 is 1.06. The van der Waals surface area contributed by atoms with E-state index in [1.165, 1.54) is 16.9 Å². The maximum absolute atomic E-state index is 11.0. The van der Waals surface area contributed by atoms with Crippen LogP contribution in [0, 0.1) is 0 Å².